The van der Waals surface area contributed by atoms with Crippen molar-refractivity contribution < 1.29 is 14.4 Å². The topological polar surface area (TPSA) is 103 Å². The Kier molecular flexibility index (Phi) is 8.76. The average Bonchev–Trinajstić information content (AvgIpc) is 2.79. The van der Waals surface area contributed by atoms with Gasteiger partial charge in [-0.15, -0.1) is 0 Å². The summed E-state index contributed by atoms with van der Waals surface area (Å²) in [6.07, 6.45) is 7.89. The van der Waals surface area contributed by atoms with Gasteiger partial charge in [-0.1, -0.05) is 19.3 Å². The summed E-state index contributed by atoms with van der Waals surface area (Å²) < 4.78 is 0. The molecule has 0 aromatic heterocycles. The zero-order valence-corrected chi connectivity index (χ0v) is 19.3. The van der Waals surface area contributed by atoms with E-state index in [0.29, 0.717) is 30.4 Å². The number of hydrogen-bond acceptors (Lipinski definition) is 3. The van der Waals surface area contributed by atoms with E-state index in [2.05, 4.69) is 21.3 Å². The Bertz CT molecular complexity index is 774. The summed E-state index contributed by atoms with van der Waals surface area (Å²) in [5.74, 6) is 0.525. The van der Waals surface area contributed by atoms with Crippen molar-refractivity contribution in [3.05, 3.63) is 24.3 Å². The fourth-order valence-electron chi connectivity index (χ4n) is 4.42. The first kappa shape index (κ1) is 23.9. The van der Waals surface area contributed by atoms with Gasteiger partial charge in [-0.05, 0) is 69.7 Å². The molecule has 0 radical (unpaired) electrons. The number of nitrogens with one attached hydrogen (secondary N) is 4. The molecular formula is C24H37N5O3. The minimum absolute atomic E-state index is 0.0521. The van der Waals surface area contributed by atoms with Crippen LogP contribution < -0.4 is 21.3 Å². The molecule has 1 aromatic rings. The van der Waals surface area contributed by atoms with Crippen molar-refractivity contribution in [1.29, 1.82) is 0 Å². The molecule has 1 saturated heterocycles. The van der Waals surface area contributed by atoms with Gasteiger partial charge >= 0.3 is 12.1 Å². The number of hydrogen-bond donors (Lipinski definition) is 4. The van der Waals surface area contributed by atoms with Crippen LogP contribution in [0.3, 0.4) is 0 Å². The fraction of sp³-hybridized carbons (Fsp3) is 0.625. The fourth-order valence-corrected chi connectivity index (χ4v) is 4.42. The van der Waals surface area contributed by atoms with E-state index < -0.39 is 0 Å². The summed E-state index contributed by atoms with van der Waals surface area (Å²) in [6.45, 7) is 5.63. The summed E-state index contributed by atoms with van der Waals surface area (Å²) in [4.78, 5) is 38.9. The Labute approximate surface area is 190 Å². The third-order valence-electron chi connectivity index (χ3n) is 6.18. The number of carbonyl (C=O) groups is 3. The Morgan fingerprint density at radius 3 is 2.25 bits per heavy atom. The second-order valence-electron chi connectivity index (χ2n) is 9.30. The first-order valence-electron chi connectivity index (χ1n) is 11.9. The molecule has 5 amide bonds. The van der Waals surface area contributed by atoms with Crippen LogP contribution >= 0.6 is 0 Å². The largest absolute Gasteiger partial charge is 0.356 e. The lowest BCUT2D eigenvalue weighted by atomic mass is 9.89. The zero-order valence-electron chi connectivity index (χ0n) is 19.3. The molecule has 1 aliphatic carbocycles. The molecule has 1 aromatic carbocycles. The molecule has 1 atom stereocenters. The molecule has 0 unspecified atom stereocenters. The first-order chi connectivity index (χ1) is 15.4. The van der Waals surface area contributed by atoms with Crippen molar-refractivity contribution in [2.75, 3.05) is 30.3 Å². The predicted octanol–water partition coefficient (Wildman–Crippen LogP) is 4.16. The lowest BCUT2D eigenvalue weighted by Gasteiger charge is -2.32. The van der Waals surface area contributed by atoms with Gasteiger partial charge in [0, 0.05) is 37.1 Å². The highest BCUT2D eigenvalue weighted by molar-refractivity contribution is 5.92. The van der Waals surface area contributed by atoms with E-state index in [9.17, 15) is 14.4 Å². The number of carbonyl (C=O) groups excluding carboxylic acids is 3. The minimum Gasteiger partial charge on any atom is -0.356 e. The second kappa shape index (κ2) is 11.7. The van der Waals surface area contributed by atoms with E-state index >= 15 is 0 Å². The van der Waals surface area contributed by atoms with Crippen molar-refractivity contribution in [2.24, 2.45) is 11.8 Å². The molecule has 2 fully saturated rings. The van der Waals surface area contributed by atoms with E-state index in [1.165, 1.54) is 32.1 Å². The van der Waals surface area contributed by atoms with Crippen LogP contribution in [0.1, 0.15) is 58.8 Å². The molecule has 8 nitrogen and oxygen atoms in total. The van der Waals surface area contributed by atoms with E-state index in [1.807, 2.05) is 13.8 Å². The monoisotopic (exact) mass is 443 g/mol. The smallest absolute Gasteiger partial charge is 0.321 e. The lowest BCUT2D eigenvalue weighted by molar-refractivity contribution is -0.126. The van der Waals surface area contributed by atoms with Crippen LogP contribution in [0.15, 0.2) is 24.3 Å². The summed E-state index contributed by atoms with van der Waals surface area (Å²) in [5.41, 5.74) is 1.29. The molecule has 1 heterocycles. The zero-order chi connectivity index (χ0) is 22.9. The Morgan fingerprint density at radius 1 is 0.938 bits per heavy atom. The maximum absolute atomic E-state index is 12.7. The molecule has 32 heavy (non-hydrogen) atoms. The molecular weight excluding hydrogens is 406 g/mol. The van der Waals surface area contributed by atoms with E-state index in [1.54, 1.807) is 29.2 Å². The first-order valence-corrected chi connectivity index (χ1v) is 11.9. The molecule has 1 aliphatic heterocycles. The van der Waals surface area contributed by atoms with Crippen molar-refractivity contribution in [3.63, 3.8) is 0 Å². The van der Waals surface area contributed by atoms with Crippen LogP contribution in [0.5, 0.6) is 0 Å². The van der Waals surface area contributed by atoms with E-state index in [4.69, 9.17) is 0 Å². The number of anilines is 2. The van der Waals surface area contributed by atoms with E-state index in [-0.39, 0.29) is 29.9 Å². The lowest BCUT2D eigenvalue weighted by Crippen LogP contribution is -2.47. The molecule has 0 spiro atoms. The van der Waals surface area contributed by atoms with Crippen LogP contribution in [0, 0.1) is 11.8 Å². The molecule has 4 N–H and O–H groups in total. The quantitative estimate of drug-likeness (QED) is 0.531. The number of nitrogens with zero attached hydrogens (tertiary/aromatic N) is 1. The van der Waals surface area contributed by atoms with Crippen LogP contribution in [-0.2, 0) is 4.79 Å². The third-order valence-corrected chi connectivity index (χ3v) is 6.18. The van der Waals surface area contributed by atoms with Gasteiger partial charge in [-0.25, -0.2) is 9.59 Å². The van der Waals surface area contributed by atoms with Gasteiger partial charge in [-0.3, -0.25) is 4.79 Å². The van der Waals surface area contributed by atoms with Crippen molar-refractivity contribution in [3.8, 4) is 0 Å². The average molecular weight is 444 g/mol. The second-order valence-corrected chi connectivity index (χ2v) is 9.30. The number of rotatable bonds is 6. The normalized spacial score (nSPS) is 19.3. The standard InChI is InChI=1S/C24H37N5O3/c1-17(2)26-23(31)27-20-10-12-21(13-11-20)28-24(32)29-14-6-9-19(16-29)22(30)25-15-18-7-4-3-5-8-18/h10-13,17-19H,3-9,14-16H2,1-2H3,(H,25,30)(H,28,32)(H2,26,27,31)/t19-/m0/s1. The number of urea groups is 2. The van der Waals surface area contributed by atoms with Crippen molar-refractivity contribution in [2.45, 2.75) is 64.8 Å². The van der Waals surface area contributed by atoms with Crippen molar-refractivity contribution >= 4 is 29.3 Å². The number of benzene rings is 1. The van der Waals surface area contributed by atoms with Gasteiger partial charge in [0.15, 0.2) is 0 Å². The minimum atomic E-state index is -0.266. The SMILES string of the molecule is CC(C)NC(=O)Nc1ccc(NC(=O)N2CCC[C@H](C(=O)NCC3CCCCC3)C2)cc1. The predicted molar refractivity (Wildman–Crippen MR) is 127 cm³/mol. The van der Waals surface area contributed by atoms with Gasteiger partial charge in [0.25, 0.3) is 0 Å². The molecule has 1 saturated carbocycles. The highest BCUT2D eigenvalue weighted by Crippen LogP contribution is 2.23. The van der Waals surface area contributed by atoms with Gasteiger partial charge in [-0.2, -0.15) is 0 Å². The van der Waals surface area contributed by atoms with Gasteiger partial charge in [0.1, 0.15) is 0 Å². The van der Waals surface area contributed by atoms with Gasteiger partial charge in [0.05, 0.1) is 5.92 Å². The maximum atomic E-state index is 12.7. The van der Waals surface area contributed by atoms with E-state index in [0.717, 1.165) is 19.4 Å². The molecule has 8 heteroatoms. The highest BCUT2D eigenvalue weighted by atomic mass is 16.2. The Morgan fingerprint density at radius 2 is 1.59 bits per heavy atom. The van der Waals surface area contributed by atoms with Crippen LogP contribution in [0.4, 0.5) is 21.0 Å². The summed E-state index contributed by atoms with van der Waals surface area (Å²) in [7, 11) is 0. The number of piperidine rings is 1. The molecule has 2 aliphatic rings. The van der Waals surface area contributed by atoms with Crippen LogP contribution in [-0.4, -0.2) is 48.5 Å². The number of amides is 5. The number of likely N-dealkylation sites (tertiary alicyclic amines) is 1. The molecule has 176 valence electrons. The van der Waals surface area contributed by atoms with Crippen molar-refractivity contribution in [1.82, 2.24) is 15.5 Å². The summed E-state index contributed by atoms with van der Waals surface area (Å²) in [5, 5.41) is 11.5. The maximum Gasteiger partial charge on any atom is 0.321 e. The van der Waals surface area contributed by atoms with Crippen LogP contribution in [0.25, 0.3) is 0 Å². The van der Waals surface area contributed by atoms with Crippen LogP contribution in [0.2, 0.25) is 0 Å². The molecule has 3 rings (SSSR count). The molecule has 0 bridgehead atoms. The van der Waals surface area contributed by atoms with Gasteiger partial charge in [0.2, 0.25) is 5.91 Å². The third kappa shape index (κ3) is 7.43. The Hall–Kier alpha value is -2.77. The summed E-state index contributed by atoms with van der Waals surface area (Å²) in [6, 6.07) is 6.57. The Balaban J connectivity index is 1.45. The van der Waals surface area contributed by atoms with Gasteiger partial charge < -0.3 is 26.2 Å². The highest BCUT2D eigenvalue weighted by Gasteiger charge is 2.29. The summed E-state index contributed by atoms with van der Waals surface area (Å²) >= 11 is 0.